The van der Waals surface area contributed by atoms with Crippen LogP contribution in [-0.2, 0) is 0 Å². The average Bonchev–Trinajstić information content (AvgIpc) is 3.65. The summed E-state index contributed by atoms with van der Waals surface area (Å²) in [5.41, 5.74) is 12.8. The van der Waals surface area contributed by atoms with Gasteiger partial charge < -0.3 is 9.32 Å². The van der Waals surface area contributed by atoms with Gasteiger partial charge in [0.15, 0.2) is 0 Å². The summed E-state index contributed by atoms with van der Waals surface area (Å²) in [4.78, 5) is 13.1. The monoisotopic (exact) mass is 715 g/mol. The van der Waals surface area contributed by atoms with Crippen molar-refractivity contribution < 1.29 is 4.42 Å². The second-order valence-electron chi connectivity index (χ2n) is 14.2. The summed E-state index contributed by atoms with van der Waals surface area (Å²) in [7, 11) is 0. The molecule has 9 aromatic carbocycles. The van der Waals surface area contributed by atoms with Gasteiger partial charge in [0.1, 0.15) is 11.2 Å². The first-order chi connectivity index (χ1) is 27.7. The molecular formula is C52H33N3O. The van der Waals surface area contributed by atoms with Crippen molar-refractivity contribution in [2.24, 2.45) is 0 Å². The molecule has 0 spiro atoms. The third-order valence-corrected chi connectivity index (χ3v) is 10.8. The molecular weight excluding hydrogens is 683 g/mol. The number of fused-ring (bicyclic) bond motifs is 8. The Labute approximate surface area is 323 Å². The summed E-state index contributed by atoms with van der Waals surface area (Å²) in [5, 5.41) is 6.69. The highest BCUT2D eigenvalue weighted by Crippen LogP contribution is 2.42. The summed E-state index contributed by atoms with van der Waals surface area (Å²) >= 11 is 0. The Morgan fingerprint density at radius 3 is 1.62 bits per heavy atom. The molecule has 0 saturated heterocycles. The molecule has 0 aliphatic rings. The first-order valence-corrected chi connectivity index (χ1v) is 18.9. The molecule has 0 atom stereocenters. The maximum atomic E-state index is 6.39. The Bertz CT molecular complexity index is 3230. The number of aromatic nitrogens is 2. The molecule has 0 aliphatic carbocycles. The molecule has 2 heterocycles. The van der Waals surface area contributed by atoms with Crippen LogP contribution in [0.4, 0.5) is 17.1 Å². The summed E-state index contributed by atoms with van der Waals surface area (Å²) in [5.74, 6) is 0. The molecule has 11 rings (SSSR count). The molecule has 0 amide bonds. The molecule has 0 saturated carbocycles. The van der Waals surface area contributed by atoms with E-state index in [2.05, 4.69) is 181 Å². The third-order valence-electron chi connectivity index (χ3n) is 10.8. The quantitative estimate of drug-likeness (QED) is 0.161. The van der Waals surface area contributed by atoms with E-state index in [4.69, 9.17) is 14.4 Å². The van der Waals surface area contributed by atoms with Gasteiger partial charge in [-0.15, -0.1) is 0 Å². The molecule has 11 aromatic rings. The van der Waals surface area contributed by atoms with Gasteiger partial charge in [-0.1, -0.05) is 146 Å². The number of hydrogen-bond donors (Lipinski definition) is 0. The second kappa shape index (κ2) is 13.1. The Morgan fingerprint density at radius 2 is 0.893 bits per heavy atom. The van der Waals surface area contributed by atoms with Crippen molar-refractivity contribution in [3.8, 4) is 33.6 Å². The van der Waals surface area contributed by atoms with Gasteiger partial charge in [0.2, 0.25) is 0 Å². The number of furan rings is 1. The predicted molar refractivity (Wildman–Crippen MR) is 233 cm³/mol. The topological polar surface area (TPSA) is 42.2 Å². The lowest BCUT2D eigenvalue weighted by molar-refractivity contribution is 0.669. The van der Waals surface area contributed by atoms with Gasteiger partial charge in [-0.25, -0.2) is 9.97 Å². The van der Waals surface area contributed by atoms with Gasteiger partial charge in [-0.05, 0) is 75.8 Å². The number of anilines is 3. The minimum Gasteiger partial charge on any atom is -0.456 e. The van der Waals surface area contributed by atoms with Crippen LogP contribution in [0.15, 0.2) is 205 Å². The molecule has 0 radical (unpaired) electrons. The second-order valence-corrected chi connectivity index (χ2v) is 14.2. The average molecular weight is 716 g/mol. The van der Waals surface area contributed by atoms with E-state index in [1.54, 1.807) is 0 Å². The van der Waals surface area contributed by atoms with Crippen LogP contribution >= 0.6 is 0 Å². The van der Waals surface area contributed by atoms with Crippen LogP contribution in [0.1, 0.15) is 0 Å². The number of benzene rings is 9. The van der Waals surface area contributed by atoms with E-state index < -0.39 is 0 Å². The highest BCUT2D eigenvalue weighted by molar-refractivity contribution is 6.19. The van der Waals surface area contributed by atoms with Crippen molar-refractivity contribution in [2.75, 3.05) is 4.90 Å². The van der Waals surface area contributed by atoms with Crippen molar-refractivity contribution >= 4 is 71.6 Å². The summed E-state index contributed by atoms with van der Waals surface area (Å²) in [6, 6.07) is 70.2. The van der Waals surface area contributed by atoms with Gasteiger partial charge in [-0.3, -0.25) is 0 Å². The summed E-state index contributed by atoms with van der Waals surface area (Å²) in [6.45, 7) is 0. The minimum absolute atomic E-state index is 0.857. The van der Waals surface area contributed by atoms with E-state index >= 15 is 0 Å². The standard InChI is InChI=1S/C52H33N3O/c1-4-12-34(13-5-1)35-22-25-40(26-23-35)55(42-28-30-45-44-18-10-11-19-47(44)56-48(45)33-42)41-27-29-43-39(32-41)21-20-36-24-31-46-52(49(36)43)54-51(38-16-8-3-9-17-38)50(53-46)37-14-6-2-7-15-37/h1-33H. The highest BCUT2D eigenvalue weighted by atomic mass is 16.3. The van der Waals surface area contributed by atoms with Crippen molar-refractivity contribution in [3.05, 3.63) is 200 Å². The fourth-order valence-electron chi connectivity index (χ4n) is 8.12. The Balaban J connectivity index is 1.10. The first kappa shape index (κ1) is 31.9. The lowest BCUT2D eigenvalue weighted by Crippen LogP contribution is -2.09. The van der Waals surface area contributed by atoms with E-state index in [0.29, 0.717) is 0 Å². The molecule has 56 heavy (non-hydrogen) atoms. The zero-order valence-corrected chi connectivity index (χ0v) is 30.3. The smallest absolute Gasteiger partial charge is 0.137 e. The van der Waals surface area contributed by atoms with Crippen molar-refractivity contribution in [3.63, 3.8) is 0 Å². The highest BCUT2D eigenvalue weighted by Gasteiger charge is 2.19. The number of hydrogen-bond acceptors (Lipinski definition) is 4. The lowest BCUT2D eigenvalue weighted by atomic mass is 9.98. The Kier molecular flexibility index (Phi) is 7.46. The van der Waals surface area contributed by atoms with Crippen molar-refractivity contribution in [1.82, 2.24) is 9.97 Å². The van der Waals surface area contributed by atoms with Crippen LogP contribution in [0, 0.1) is 0 Å². The summed E-state index contributed by atoms with van der Waals surface area (Å²) < 4.78 is 6.39. The zero-order chi connectivity index (χ0) is 37.0. The van der Waals surface area contributed by atoms with Crippen LogP contribution < -0.4 is 4.90 Å². The van der Waals surface area contributed by atoms with Crippen LogP contribution in [-0.4, -0.2) is 9.97 Å². The normalized spacial score (nSPS) is 11.6. The number of nitrogens with zero attached hydrogens (tertiary/aromatic N) is 3. The minimum atomic E-state index is 0.857. The van der Waals surface area contributed by atoms with Gasteiger partial charge in [-0.2, -0.15) is 0 Å². The van der Waals surface area contributed by atoms with Crippen molar-refractivity contribution in [2.45, 2.75) is 0 Å². The summed E-state index contributed by atoms with van der Waals surface area (Å²) in [6.07, 6.45) is 0. The van der Waals surface area contributed by atoms with E-state index in [1.807, 2.05) is 24.3 Å². The lowest BCUT2D eigenvalue weighted by Gasteiger charge is -2.26. The van der Waals surface area contributed by atoms with Crippen LogP contribution in [0.2, 0.25) is 0 Å². The van der Waals surface area contributed by atoms with Gasteiger partial charge >= 0.3 is 0 Å². The SMILES string of the molecule is c1ccc(-c2ccc(N(c3ccc4c(ccc5ccc6nc(-c7ccccc7)c(-c7ccccc7)nc6c54)c3)c3ccc4c(c3)oc3ccccc34)cc2)cc1. The molecule has 4 nitrogen and oxygen atoms in total. The maximum absolute atomic E-state index is 6.39. The van der Waals surface area contributed by atoms with E-state index in [1.165, 1.54) is 11.1 Å². The Morgan fingerprint density at radius 1 is 0.357 bits per heavy atom. The molecule has 0 N–H and O–H groups in total. The molecule has 0 aliphatic heterocycles. The van der Waals surface area contributed by atoms with Crippen LogP contribution in [0.25, 0.3) is 88.2 Å². The largest absolute Gasteiger partial charge is 0.456 e. The zero-order valence-electron chi connectivity index (χ0n) is 30.3. The van der Waals surface area contributed by atoms with E-state index in [-0.39, 0.29) is 0 Å². The third kappa shape index (κ3) is 5.39. The maximum Gasteiger partial charge on any atom is 0.137 e. The molecule has 0 fully saturated rings. The van der Waals surface area contributed by atoms with E-state index in [0.717, 1.165) is 94.1 Å². The van der Waals surface area contributed by atoms with Gasteiger partial charge in [0, 0.05) is 50.4 Å². The Hall–Kier alpha value is -7.56. The number of para-hydroxylation sites is 1. The predicted octanol–water partition coefficient (Wildman–Crippen LogP) is 14.3. The number of rotatable bonds is 6. The van der Waals surface area contributed by atoms with Crippen molar-refractivity contribution in [1.29, 1.82) is 0 Å². The fraction of sp³-hybridized carbons (Fsp3) is 0. The molecule has 4 heteroatoms. The molecule has 0 bridgehead atoms. The molecule has 0 unspecified atom stereocenters. The first-order valence-electron chi connectivity index (χ1n) is 18.9. The molecule has 2 aromatic heterocycles. The fourth-order valence-corrected chi connectivity index (χ4v) is 8.12. The van der Waals surface area contributed by atoms with Crippen LogP contribution in [0.3, 0.4) is 0 Å². The molecule has 262 valence electrons. The van der Waals surface area contributed by atoms with Crippen LogP contribution in [0.5, 0.6) is 0 Å². The van der Waals surface area contributed by atoms with E-state index in [9.17, 15) is 0 Å². The van der Waals surface area contributed by atoms with Gasteiger partial charge in [0.25, 0.3) is 0 Å². The van der Waals surface area contributed by atoms with Gasteiger partial charge in [0.05, 0.1) is 22.4 Å².